The Labute approximate surface area is 146 Å². The summed E-state index contributed by atoms with van der Waals surface area (Å²) in [5, 5.41) is 2.75. The largest absolute Gasteiger partial charge is 0.355 e. The molecule has 1 aliphatic heterocycles. The van der Waals surface area contributed by atoms with Crippen molar-refractivity contribution in [1.29, 1.82) is 0 Å². The highest BCUT2D eigenvalue weighted by Gasteiger charge is 2.42. The molecule has 128 valence electrons. The van der Waals surface area contributed by atoms with Crippen LogP contribution in [0.4, 0.5) is 5.69 Å². The van der Waals surface area contributed by atoms with E-state index in [1.54, 1.807) is 18.2 Å². The van der Waals surface area contributed by atoms with Crippen LogP contribution in [0.1, 0.15) is 24.3 Å². The molecule has 1 amide bonds. The number of benzene rings is 1. The number of carbonyl (C=O) groups is 1. The third kappa shape index (κ3) is 2.82. The highest BCUT2D eigenvalue weighted by atomic mass is 32.2. The lowest BCUT2D eigenvalue weighted by Gasteiger charge is -2.25. The maximum absolute atomic E-state index is 13.2. The summed E-state index contributed by atoms with van der Waals surface area (Å²) in [7, 11) is -3.76. The fraction of sp³-hybridized carbons (Fsp3) is 0.353. The van der Waals surface area contributed by atoms with Gasteiger partial charge in [0.1, 0.15) is 10.3 Å². The van der Waals surface area contributed by atoms with Crippen LogP contribution in [0.3, 0.4) is 0 Å². The number of likely N-dealkylation sites (N-methyl/N-ethyl adjacent to an activating group) is 1. The number of nitrogens with one attached hydrogen (secondary N) is 1. The van der Waals surface area contributed by atoms with Crippen molar-refractivity contribution in [2.45, 2.75) is 36.9 Å². The molecule has 0 spiro atoms. The van der Waals surface area contributed by atoms with Gasteiger partial charge in [-0.05, 0) is 37.1 Å². The maximum atomic E-state index is 13.2. The molecule has 1 atom stereocenters. The molecular weight excluding hydrogens is 344 g/mol. The summed E-state index contributed by atoms with van der Waals surface area (Å²) in [4.78, 5) is 13.5. The number of amides is 1. The lowest BCUT2D eigenvalue weighted by molar-refractivity contribution is -0.121. The van der Waals surface area contributed by atoms with Crippen LogP contribution >= 0.6 is 11.3 Å². The minimum Gasteiger partial charge on any atom is -0.355 e. The van der Waals surface area contributed by atoms with Crippen LogP contribution in [-0.4, -0.2) is 26.9 Å². The molecule has 24 heavy (non-hydrogen) atoms. The molecule has 0 aliphatic carbocycles. The van der Waals surface area contributed by atoms with Crippen LogP contribution in [0.15, 0.2) is 40.6 Å². The fourth-order valence-corrected chi connectivity index (χ4v) is 5.96. The van der Waals surface area contributed by atoms with Crippen molar-refractivity contribution in [3.05, 3.63) is 46.8 Å². The van der Waals surface area contributed by atoms with Gasteiger partial charge in [-0.25, -0.2) is 8.42 Å². The molecule has 1 aromatic heterocycles. The molecule has 0 bridgehead atoms. The van der Waals surface area contributed by atoms with Crippen LogP contribution in [0.2, 0.25) is 0 Å². The first kappa shape index (κ1) is 17.0. The standard InChI is InChI=1S/C17H20N2O3S2/c1-3-13-9-10-16(23-13)24(21,22)19-14-8-6-5-7-12(14)11-15(19)17(20)18-4-2/h5-10,15H,3-4,11H2,1-2H3,(H,18,20)/t15-/m0/s1. The van der Waals surface area contributed by atoms with Gasteiger partial charge in [0, 0.05) is 17.8 Å². The number of aryl methyl sites for hydroxylation is 1. The van der Waals surface area contributed by atoms with E-state index in [-0.39, 0.29) is 10.1 Å². The third-order valence-corrected chi connectivity index (χ3v) is 7.60. The fourth-order valence-electron chi connectivity index (χ4n) is 2.93. The maximum Gasteiger partial charge on any atom is 0.274 e. The molecule has 0 fully saturated rings. The van der Waals surface area contributed by atoms with Crippen LogP contribution in [0.5, 0.6) is 0 Å². The summed E-state index contributed by atoms with van der Waals surface area (Å²) in [6.07, 6.45) is 1.18. The molecule has 0 radical (unpaired) electrons. The van der Waals surface area contributed by atoms with Crippen molar-refractivity contribution in [1.82, 2.24) is 5.32 Å². The minimum absolute atomic E-state index is 0.260. The molecule has 0 saturated heterocycles. The van der Waals surface area contributed by atoms with Crippen molar-refractivity contribution in [2.24, 2.45) is 0 Å². The quantitative estimate of drug-likeness (QED) is 0.887. The Kier molecular flexibility index (Phi) is 4.64. The van der Waals surface area contributed by atoms with E-state index < -0.39 is 16.1 Å². The molecule has 1 N–H and O–H groups in total. The second-order valence-corrected chi connectivity index (χ2v) is 8.83. The molecule has 2 aromatic rings. The third-order valence-electron chi connectivity index (χ3n) is 4.08. The normalized spacial score (nSPS) is 16.9. The summed E-state index contributed by atoms with van der Waals surface area (Å²) in [6, 6.07) is 10.0. The van der Waals surface area contributed by atoms with E-state index in [0.717, 1.165) is 16.9 Å². The molecule has 2 heterocycles. The highest BCUT2D eigenvalue weighted by molar-refractivity contribution is 7.94. The zero-order valence-corrected chi connectivity index (χ0v) is 15.3. The monoisotopic (exact) mass is 364 g/mol. The van der Waals surface area contributed by atoms with E-state index in [0.29, 0.717) is 18.7 Å². The van der Waals surface area contributed by atoms with Gasteiger partial charge in [0.2, 0.25) is 5.91 Å². The Morgan fingerprint density at radius 3 is 2.67 bits per heavy atom. The van der Waals surface area contributed by atoms with Gasteiger partial charge in [-0.2, -0.15) is 0 Å². The van der Waals surface area contributed by atoms with Gasteiger partial charge in [0.25, 0.3) is 10.0 Å². The van der Waals surface area contributed by atoms with Crippen molar-refractivity contribution in [3.63, 3.8) is 0 Å². The minimum atomic E-state index is -3.76. The molecule has 5 nitrogen and oxygen atoms in total. The second kappa shape index (κ2) is 6.57. The van der Waals surface area contributed by atoms with Gasteiger partial charge in [0.05, 0.1) is 5.69 Å². The number of rotatable bonds is 5. The molecule has 7 heteroatoms. The summed E-state index contributed by atoms with van der Waals surface area (Å²) in [6.45, 7) is 4.29. The van der Waals surface area contributed by atoms with Gasteiger partial charge in [-0.15, -0.1) is 11.3 Å². The lowest BCUT2D eigenvalue weighted by Crippen LogP contribution is -2.47. The van der Waals surface area contributed by atoms with E-state index >= 15 is 0 Å². The van der Waals surface area contributed by atoms with E-state index in [4.69, 9.17) is 0 Å². The van der Waals surface area contributed by atoms with E-state index in [1.165, 1.54) is 15.6 Å². The van der Waals surface area contributed by atoms with Crippen LogP contribution < -0.4 is 9.62 Å². The number of hydrogen-bond donors (Lipinski definition) is 1. The number of anilines is 1. The zero-order valence-electron chi connectivity index (χ0n) is 13.7. The SMILES string of the molecule is CCNC(=O)[C@@H]1Cc2ccccc2N1S(=O)(=O)c1ccc(CC)s1. The Morgan fingerprint density at radius 2 is 2.00 bits per heavy atom. The van der Waals surface area contributed by atoms with Gasteiger partial charge in [-0.1, -0.05) is 25.1 Å². The highest BCUT2D eigenvalue weighted by Crippen LogP contribution is 2.38. The molecule has 0 unspecified atom stereocenters. The van der Waals surface area contributed by atoms with Gasteiger partial charge >= 0.3 is 0 Å². The van der Waals surface area contributed by atoms with E-state index in [2.05, 4.69) is 5.32 Å². The Morgan fingerprint density at radius 1 is 1.25 bits per heavy atom. The predicted molar refractivity (Wildman–Crippen MR) is 96.0 cm³/mol. The molecule has 1 aliphatic rings. The molecule has 3 rings (SSSR count). The topological polar surface area (TPSA) is 66.5 Å². The van der Waals surface area contributed by atoms with Crippen molar-refractivity contribution in [2.75, 3.05) is 10.8 Å². The average Bonchev–Trinajstić information content (AvgIpc) is 3.20. The number of sulfonamides is 1. The van der Waals surface area contributed by atoms with Crippen molar-refractivity contribution < 1.29 is 13.2 Å². The van der Waals surface area contributed by atoms with Gasteiger partial charge < -0.3 is 5.32 Å². The predicted octanol–water partition coefficient (Wildman–Crippen LogP) is 2.57. The van der Waals surface area contributed by atoms with Crippen LogP contribution in [-0.2, 0) is 27.7 Å². The first-order valence-electron chi connectivity index (χ1n) is 7.97. The number of thiophene rings is 1. The Balaban J connectivity index is 2.08. The molecular formula is C17H20N2O3S2. The number of nitrogens with zero attached hydrogens (tertiary/aromatic N) is 1. The summed E-state index contributed by atoms with van der Waals surface area (Å²) >= 11 is 1.27. The van der Waals surface area contributed by atoms with Crippen molar-refractivity contribution >= 4 is 33.0 Å². The summed E-state index contributed by atoms with van der Waals surface area (Å²) < 4.78 is 28.0. The van der Waals surface area contributed by atoms with Gasteiger partial charge in [-0.3, -0.25) is 9.10 Å². The van der Waals surface area contributed by atoms with E-state index in [9.17, 15) is 13.2 Å². The Bertz CT molecular complexity index is 858. The first-order valence-corrected chi connectivity index (χ1v) is 10.2. The smallest absolute Gasteiger partial charge is 0.274 e. The second-order valence-electron chi connectivity index (χ2n) is 5.62. The Hall–Kier alpha value is -1.86. The van der Waals surface area contributed by atoms with Crippen LogP contribution in [0.25, 0.3) is 0 Å². The molecule has 0 saturated carbocycles. The van der Waals surface area contributed by atoms with Crippen LogP contribution in [0, 0.1) is 0 Å². The summed E-state index contributed by atoms with van der Waals surface area (Å²) in [5.74, 6) is -0.260. The van der Waals surface area contributed by atoms with Gasteiger partial charge in [0.15, 0.2) is 0 Å². The van der Waals surface area contributed by atoms with E-state index in [1.807, 2.05) is 32.0 Å². The number of carbonyl (C=O) groups excluding carboxylic acids is 1. The zero-order chi connectivity index (χ0) is 17.3. The average molecular weight is 364 g/mol. The number of para-hydroxylation sites is 1. The first-order chi connectivity index (χ1) is 11.5. The number of fused-ring (bicyclic) bond motifs is 1. The lowest BCUT2D eigenvalue weighted by atomic mass is 10.1. The molecule has 1 aromatic carbocycles. The van der Waals surface area contributed by atoms with Crippen molar-refractivity contribution in [3.8, 4) is 0 Å². The number of hydrogen-bond acceptors (Lipinski definition) is 4. The summed E-state index contributed by atoms with van der Waals surface area (Å²) in [5.41, 5.74) is 1.48.